The highest BCUT2D eigenvalue weighted by Crippen LogP contribution is 2.44. The monoisotopic (exact) mass is 676 g/mol. The van der Waals surface area contributed by atoms with E-state index in [9.17, 15) is 13.9 Å². The zero-order valence-corrected chi connectivity index (χ0v) is 26.8. The highest BCUT2D eigenvalue weighted by Gasteiger charge is 2.49. The number of phenols is 1. The van der Waals surface area contributed by atoms with E-state index in [2.05, 4.69) is 26.3 Å². The number of pyridine rings is 1. The second-order valence-corrected chi connectivity index (χ2v) is 13.2. The van der Waals surface area contributed by atoms with Gasteiger partial charge in [-0.25, -0.2) is 23.6 Å². The number of benzene rings is 2. The molecule has 0 saturated carbocycles. The summed E-state index contributed by atoms with van der Waals surface area (Å²) in [6, 6.07) is 4.96. The summed E-state index contributed by atoms with van der Waals surface area (Å²) in [5.41, 5.74) is 1.99. The van der Waals surface area contributed by atoms with E-state index in [4.69, 9.17) is 30.5 Å². The van der Waals surface area contributed by atoms with Crippen LogP contribution >= 0.6 is 0 Å². The molecule has 8 rings (SSSR count). The van der Waals surface area contributed by atoms with Gasteiger partial charge in [-0.2, -0.15) is 9.97 Å². The molecule has 0 amide bonds. The minimum absolute atomic E-state index is 0.0281. The molecule has 1 unspecified atom stereocenters. The number of halogens is 3. The van der Waals surface area contributed by atoms with Crippen LogP contribution in [0.15, 0.2) is 24.3 Å². The topological polar surface area (TPSA) is 114 Å². The summed E-state index contributed by atoms with van der Waals surface area (Å²) in [5.74, 6) is 1.02. The number of terminal acetylenes is 1. The van der Waals surface area contributed by atoms with E-state index in [0.29, 0.717) is 50.5 Å². The first-order chi connectivity index (χ1) is 23.8. The summed E-state index contributed by atoms with van der Waals surface area (Å²) in [7, 11) is 1.54. The minimum atomic E-state index is -0.956. The molecule has 0 spiro atoms. The smallest absolute Gasteiger partial charge is 0.319 e. The van der Waals surface area contributed by atoms with Crippen molar-refractivity contribution in [2.75, 3.05) is 64.6 Å². The predicted octanol–water partition coefficient (Wildman–Crippen LogP) is 4.13. The molecule has 4 aliphatic heterocycles. The molecule has 3 fully saturated rings. The first kappa shape index (κ1) is 31.8. The second-order valence-electron chi connectivity index (χ2n) is 13.2. The number of nitrogens with zero attached hydrogens (tertiary/aromatic N) is 5. The van der Waals surface area contributed by atoms with Gasteiger partial charge in [-0.15, -0.1) is 6.42 Å². The Morgan fingerprint density at radius 3 is 2.86 bits per heavy atom. The third-order valence-electron chi connectivity index (χ3n) is 10.2. The van der Waals surface area contributed by atoms with Gasteiger partial charge < -0.3 is 29.1 Å². The van der Waals surface area contributed by atoms with Crippen molar-refractivity contribution in [2.24, 2.45) is 5.92 Å². The van der Waals surface area contributed by atoms with Crippen molar-refractivity contribution in [3.8, 4) is 41.2 Å². The first-order valence-corrected chi connectivity index (χ1v) is 16.4. The number of rotatable bonds is 7. The van der Waals surface area contributed by atoms with Gasteiger partial charge in [-0.3, -0.25) is 4.90 Å². The van der Waals surface area contributed by atoms with Crippen LogP contribution < -0.4 is 19.9 Å². The summed E-state index contributed by atoms with van der Waals surface area (Å²) in [6.07, 6.45) is 6.80. The maximum absolute atomic E-state index is 17.1. The Bertz CT molecular complexity index is 1990. The molecule has 2 aromatic carbocycles. The molecule has 49 heavy (non-hydrogen) atoms. The predicted molar refractivity (Wildman–Crippen MR) is 174 cm³/mol. The van der Waals surface area contributed by atoms with E-state index in [1.165, 1.54) is 31.4 Å². The number of hydrogen-bond donors (Lipinski definition) is 2. The molecule has 4 aliphatic rings. The van der Waals surface area contributed by atoms with E-state index in [-0.39, 0.29) is 75.9 Å². The number of alkyl halides is 1. The number of nitrogens with one attached hydrogen (secondary N) is 1. The third kappa shape index (κ3) is 5.45. The van der Waals surface area contributed by atoms with Crippen molar-refractivity contribution in [3.05, 3.63) is 41.5 Å². The van der Waals surface area contributed by atoms with Gasteiger partial charge in [0.15, 0.2) is 5.82 Å². The first-order valence-electron chi connectivity index (χ1n) is 16.4. The van der Waals surface area contributed by atoms with Crippen molar-refractivity contribution in [2.45, 2.75) is 37.0 Å². The van der Waals surface area contributed by atoms with Crippen molar-refractivity contribution in [1.82, 2.24) is 25.3 Å². The van der Waals surface area contributed by atoms with Gasteiger partial charge in [0.25, 0.3) is 0 Å². The van der Waals surface area contributed by atoms with Gasteiger partial charge in [0, 0.05) is 42.9 Å². The fourth-order valence-corrected chi connectivity index (χ4v) is 7.90. The molecule has 11 nitrogen and oxygen atoms in total. The van der Waals surface area contributed by atoms with E-state index in [1.807, 2.05) is 4.90 Å². The molecule has 0 radical (unpaired) electrons. The number of aromatic nitrogens is 3. The standard InChI is InChI=1S/C35H35F3N6O5/c1-3-24-26(37)6-5-20-9-23(45)10-25(27(20)24)30-29(38)31-28-32(42-34(41-31)49-18-35-7-4-8-43(35)14-21(36)11-35)44-13-19(12-39-46-2)15-47-16-22(44)17-48-33(28)40-30/h1,5-6,9-10,19,21-22,39,45H,4,7-8,11-18H2,2H3/t19?,21-,22+,35+/m1/s1. The lowest BCUT2D eigenvalue weighted by molar-refractivity contribution is 0.0555. The molecule has 14 heteroatoms. The highest BCUT2D eigenvalue weighted by molar-refractivity contribution is 6.04. The largest absolute Gasteiger partial charge is 0.508 e. The lowest BCUT2D eigenvalue weighted by Gasteiger charge is -2.32. The van der Waals surface area contributed by atoms with Crippen molar-refractivity contribution < 1.29 is 37.3 Å². The number of aromatic hydroxyl groups is 1. The average molecular weight is 677 g/mol. The van der Waals surface area contributed by atoms with Gasteiger partial charge in [0.1, 0.15) is 53.4 Å². The third-order valence-corrected chi connectivity index (χ3v) is 10.2. The number of ether oxygens (including phenoxy) is 3. The number of hydrogen-bond acceptors (Lipinski definition) is 11. The summed E-state index contributed by atoms with van der Waals surface area (Å²) >= 11 is 0. The number of hydroxylamine groups is 1. The van der Waals surface area contributed by atoms with E-state index in [1.54, 1.807) is 0 Å². The summed E-state index contributed by atoms with van der Waals surface area (Å²) in [6.45, 7) is 3.08. The lowest BCUT2D eigenvalue weighted by Crippen LogP contribution is -2.44. The molecule has 3 saturated heterocycles. The molecular weight excluding hydrogens is 641 g/mol. The van der Waals surface area contributed by atoms with Crippen LogP contribution in [-0.4, -0.2) is 102 Å². The Balaban J connectivity index is 1.32. The van der Waals surface area contributed by atoms with Gasteiger partial charge in [0.05, 0.1) is 37.5 Å². The fraction of sp³-hybridized carbons (Fsp3) is 0.457. The van der Waals surface area contributed by atoms with Crippen LogP contribution in [0.3, 0.4) is 0 Å². The molecule has 2 N–H and O–H groups in total. The summed E-state index contributed by atoms with van der Waals surface area (Å²) < 4.78 is 65.3. The quantitative estimate of drug-likeness (QED) is 0.218. The van der Waals surface area contributed by atoms with Crippen molar-refractivity contribution >= 4 is 27.5 Å². The Labute approximate surface area is 280 Å². The molecular formula is C35H35F3N6O5. The van der Waals surface area contributed by atoms with Gasteiger partial charge in [0.2, 0.25) is 5.88 Å². The van der Waals surface area contributed by atoms with Gasteiger partial charge >= 0.3 is 6.01 Å². The molecule has 4 atom stereocenters. The minimum Gasteiger partial charge on any atom is -0.508 e. The van der Waals surface area contributed by atoms with Crippen molar-refractivity contribution in [1.29, 1.82) is 0 Å². The Morgan fingerprint density at radius 2 is 2.02 bits per heavy atom. The molecule has 256 valence electrons. The molecule has 6 heterocycles. The zero-order valence-electron chi connectivity index (χ0n) is 26.8. The van der Waals surface area contributed by atoms with Crippen LogP contribution in [0.4, 0.5) is 19.0 Å². The Kier molecular flexibility index (Phi) is 8.10. The fourth-order valence-electron chi connectivity index (χ4n) is 7.90. The molecule has 2 aromatic heterocycles. The molecule has 4 aromatic rings. The maximum atomic E-state index is 17.1. The Morgan fingerprint density at radius 1 is 1.14 bits per heavy atom. The lowest BCUT2D eigenvalue weighted by atomic mass is 9.95. The van der Waals surface area contributed by atoms with Crippen LogP contribution in [0, 0.1) is 29.9 Å². The second kappa shape index (κ2) is 12.5. The Hall–Kier alpha value is -4.42. The SMILES string of the molecule is C#Cc1c(F)ccc2cc(O)cc(-c3nc4c5c(nc(OC[C@@]67CCCN6C[C@H](F)C7)nc5c3F)N3CC(CNOC)COC[C@H]3CO4)c12. The van der Waals surface area contributed by atoms with Gasteiger partial charge in [-0.1, -0.05) is 12.0 Å². The van der Waals surface area contributed by atoms with E-state index in [0.717, 1.165) is 19.4 Å². The number of fused-ring (bicyclic) bond motifs is 4. The van der Waals surface area contributed by atoms with E-state index < -0.39 is 23.3 Å². The highest BCUT2D eigenvalue weighted by atomic mass is 19.1. The average Bonchev–Trinajstić information content (AvgIpc) is 3.47. The normalized spacial score (nSPS) is 25.0. The summed E-state index contributed by atoms with van der Waals surface area (Å²) in [4.78, 5) is 23.3. The van der Waals surface area contributed by atoms with Crippen LogP contribution in [0.25, 0.3) is 32.9 Å². The van der Waals surface area contributed by atoms with E-state index >= 15 is 4.39 Å². The van der Waals surface area contributed by atoms with Crippen LogP contribution in [0.2, 0.25) is 0 Å². The molecule has 0 bridgehead atoms. The van der Waals surface area contributed by atoms with Gasteiger partial charge in [-0.05, 0) is 43.0 Å². The number of anilines is 1. The number of phenolic OH excluding ortho intramolecular Hbond substituents is 1. The molecule has 0 aliphatic carbocycles. The van der Waals surface area contributed by atoms with Crippen LogP contribution in [-0.2, 0) is 9.57 Å². The summed E-state index contributed by atoms with van der Waals surface area (Å²) in [5, 5.41) is 11.5. The van der Waals surface area contributed by atoms with Crippen LogP contribution in [0.5, 0.6) is 17.6 Å². The zero-order chi connectivity index (χ0) is 33.9. The van der Waals surface area contributed by atoms with Crippen LogP contribution in [0.1, 0.15) is 24.8 Å². The maximum Gasteiger partial charge on any atom is 0.319 e. The van der Waals surface area contributed by atoms with Crippen molar-refractivity contribution in [3.63, 3.8) is 0 Å².